The molecule has 3 aromatic carbocycles. The van der Waals surface area contributed by atoms with Crippen molar-refractivity contribution in [2.75, 3.05) is 24.0 Å². The van der Waals surface area contributed by atoms with Crippen LogP contribution in [0.25, 0.3) is 0 Å². The second kappa shape index (κ2) is 14.5. The first-order valence-corrected chi connectivity index (χ1v) is 15.8. The molecule has 10 heteroatoms. The zero-order chi connectivity index (χ0) is 30.2. The minimum atomic E-state index is -4.19. The van der Waals surface area contributed by atoms with E-state index in [2.05, 4.69) is 21.2 Å². The van der Waals surface area contributed by atoms with Gasteiger partial charge >= 0.3 is 0 Å². The number of sulfonamides is 1. The Morgan fingerprint density at radius 3 is 2.20 bits per heavy atom. The number of carbonyl (C=O) groups is 2. The van der Waals surface area contributed by atoms with Crippen molar-refractivity contribution in [3.8, 4) is 5.75 Å². The highest BCUT2D eigenvalue weighted by molar-refractivity contribution is 9.10. The van der Waals surface area contributed by atoms with Crippen molar-refractivity contribution in [1.29, 1.82) is 0 Å². The molecular weight excluding hydrogens is 606 g/mol. The molecule has 0 radical (unpaired) electrons. The quantitative estimate of drug-likeness (QED) is 0.264. The molecule has 0 aliphatic heterocycles. The van der Waals surface area contributed by atoms with Crippen LogP contribution in [0.2, 0.25) is 0 Å². The van der Waals surface area contributed by atoms with Crippen molar-refractivity contribution < 1.29 is 22.7 Å². The van der Waals surface area contributed by atoms with Crippen LogP contribution in [-0.2, 0) is 26.2 Å². The Morgan fingerprint density at radius 1 is 0.951 bits per heavy atom. The normalized spacial score (nSPS) is 12.1. The maximum atomic E-state index is 14.1. The lowest BCUT2D eigenvalue weighted by Crippen LogP contribution is -2.51. The third-order valence-corrected chi connectivity index (χ3v) is 8.74. The molecule has 0 bridgehead atoms. The van der Waals surface area contributed by atoms with Crippen molar-refractivity contribution >= 4 is 43.5 Å². The highest BCUT2D eigenvalue weighted by Gasteiger charge is 2.33. The van der Waals surface area contributed by atoms with Gasteiger partial charge in [-0.05, 0) is 68.7 Å². The molecule has 2 amide bonds. The molecule has 0 heterocycles. The average molecular weight is 645 g/mol. The van der Waals surface area contributed by atoms with Gasteiger partial charge in [0.05, 0.1) is 17.2 Å². The fourth-order valence-corrected chi connectivity index (χ4v) is 5.80. The fraction of sp³-hybridized carbons (Fsp3) is 0.355. The maximum Gasteiger partial charge on any atom is 0.264 e. The molecule has 0 saturated heterocycles. The Labute approximate surface area is 251 Å². The summed E-state index contributed by atoms with van der Waals surface area (Å²) in [5.41, 5.74) is 1.94. The summed E-state index contributed by atoms with van der Waals surface area (Å²) in [5.74, 6) is -0.276. The number of nitrogens with one attached hydrogen (secondary N) is 1. The Bertz CT molecular complexity index is 1430. The molecule has 1 unspecified atom stereocenters. The van der Waals surface area contributed by atoms with Crippen molar-refractivity contribution in [1.82, 2.24) is 10.2 Å². The first kappa shape index (κ1) is 32.1. The molecule has 3 aromatic rings. The number of hydrogen-bond donors (Lipinski definition) is 1. The molecule has 1 N–H and O–H groups in total. The number of nitrogens with zero attached hydrogens (tertiary/aromatic N) is 2. The predicted molar refractivity (Wildman–Crippen MR) is 165 cm³/mol. The molecule has 3 rings (SSSR count). The molecule has 0 aliphatic rings. The summed E-state index contributed by atoms with van der Waals surface area (Å²) in [4.78, 5) is 28.7. The largest absolute Gasteiger partial charge is 0.492 e. The van der Waals surface area contributed by atoms with E-state index in [4.69, 9.17) is 4.74 Å². The van der Waals surface area contributed by atoms with E-state index in [0.29, 0.717) is 18.9 Å². The van der Waals surface area contributed by atoms with Crippen molar-refractivity contribution in [2.45, 2.75) is 52.1 Å². The number of halogens is 1. The number of benzene rings is 3. The Hall–Kier alpha value is -3.37. The Morgan fingerprint density at radius 2 is 1.59 bits per heavy atom. The molecule has 0 aliphatic carbocycles. The van der Waals surface area contributed by atoms with Gasteiger partial charge in [0.1, 0.15) is 18.3 Å². The summed E-state index contributed by atoms with van der Waals surface area (Å²) in [6.45, 7) is 9.65. The topological polar surface area (TPSA) is 96.0 Å². The van der Waals surface area contributed by atoms with Crippen LogP contribution in [0.5, 0.6) is 5.75 Å². The van der Waals surface area contributed by atoms with Crippen molar-refractivity contribution in [3.05, 3.63) is 88.4 Å². The van der Waals surface area contributed by atoms with E-state index in [-0.39, 0.29) is 29.0 Å². The van der Waals surface area contributed by atoms with Gasteiger partial charge in [-0.3, -0.25) is 13.9 Å². The van der Waals surface area contributed by atoms with Crippen LogP contribution in [0.15, 0.2) is 82.2 Å². The lowest BCUT2D eigenvalue weighted by molar-refractivity contribution is -0.139. The minimum absolute atomic E-state index is 0.0457. The molecule has 220 valence electrons. The summed E-state index contributed by atoms with van der Waals surface area (Å²) in [6, 6.07) is 19.8. The van der Waals surface area contributed by atoms with E-state index in [1.54, 1.807) is 50.2 Å². The van der Waals surface area contributed by atoms with E-state index in [0.717, 1.165) is 19.9 Å². The first-order valence-electron chi connectivity index (χ1n) is 13.6. The molecule has 8 nitrogen and oxygen atoms in total. The van der Waals surface area contributed by atoms with E-state index in [9.17, 15) is 18.0 Å². The van der Waals surface area contributed by atoms with Gasteiger partial charge in [-0.1, -0.05) is 71.7 Å². The molecular formula is C31H38BrN3O5S. The van der Waals surface area contributed by atoms with Crippen LogP contribution in [0.1, 0.15) is 38.8 Å². The van der Waals surface area contributed by atoms with E-state index in [1.165, 1.54) is 17.0 Å². The first-order chi connectivity index (χ1) is 19.4. The van der Waals surface area contributed by atoms with Gasteiger partial charge in [-0.15, -0.1) is 0 Å². The highest BCUT2D eigenvalue weighted by Crippen LogP contribution is 2.33. The summed E-state index contributed by atoms with van der Waals surface area (Å²) >= 11 is 3.42. The fourth-order valence-electron chi connectivity index (χ4n) is 4.11. The lowest BCUT2D eigenvalue weighted by atomic mass is 10.1. The number of hydrogen-bond acceptors (Lipinski definition) is 5. The number of ether oxygens (including phenoxy) is 1. The Balaban J connectivity index is 2.06. The number of aryl methyl sites for hydroxylation is 1. The molecule has 0 saturated carbocycles. The lowest BCUT2D eigenvalue weighted by Gasteiger charge is -2.32. The van der Waals surface area contributed by atoms with Crippen LogP contribution in [0, 0.1) is 12.8 Å². The highest BCUT2D eigenvalue weighted by atomic mass is 79.9. The van der Waals surface area contributed by atoms with Gasteiger partial charge in [-0.25, -0.2) is 8.42 Å². The van der Waals surface area contributed by atoms with E-state index < -0.39 is 28.5 Å². The van der Waals surface area contributed by atoms with Gasteiger partial charge in [0.25, 0.3) is 10.0 Å². The zero-order valence-corrected chi connectivity index (χ0v) is 26.5. The predicted octanol–water partition coefficient (Wildman–Crippen LogP) is 5.54. The summed E-state index contributed by atoms with van der Waals surface area (Å²) in [7, 11) is -4.19. The molecule has 0 fully saturated rings. The second-order valence-electron chi connectivity index (χ2n) is 10.2. The second-order valence-corrected chi connectivity index (χ2v) is 13.0. The standard InChI is InChI=1S/C31H38BrN3O5S/c1-6-40-29-10-8-7-9-28(29)35(41(38,39)27-17-11-23(4)12-18-27)21-30(36)34(20-25-13-15-26(32)16-14-25)24(5)31(37)33-19-22(2)3/h7-18,22,24H,6,19-21H2,1-5H3,(H,33,37). The van der Waals surface area contributed by atoms with Crippen molar-refractivity contribution in [3.63, 3.8) is 0 Å². The third kappa shape index (κ3) is 8.56. The maximum absolute atomic E-state index is 14.1. The van der Waals surface area contributed by atoms with Crippen LogP contribution in [-0.4, -0.2) is 50.9 Å². The number of para-hydroxylation sites is 2. The smallest absolute Gasteiger partial charge is 0.264 e. The molecule has 0 spiro atoms. The van der Waals surface area contributed by atoms with Gasteiger partial charge in [-0.2, -0.15) is 0 Å². The van der Waals surface area contributed by atoms with Gasteiger partial charge in [0, 0.05) is 17.6 Å². The number of amides is 2. The van der Waals surface area contributed by atoms with E-state index in [1.807, 2.05) is 45.0 Å². The summed E-state index contributed by atoms with van der Waals surface area (Å²) in [6.07, 6.45) is 0. The van der Waals surface area contributed by atoms with Gasteiger partial charge in [0.15, 0.2) is 0 Å². The molecule has 0 aromatic heterocycles. The van der Waals surface area contributed by atoms with Gasteiger partial charge in [0.2, 0.25) is 11.8 Å². The van der Waals surface area contributed by atoms with E-state index >= 15 is 0 Å². The molecule has 1 atom stereocenters. The summed E-state index contributed by atoms with van der Waals surface area (Å²) in [5, 5.41) is 2.89. The number of carbonyl (C=O) groups excluding carboxylic acids is 2. The van der Waals surface area contributed by atoms with Gasteiger partial charge < -0.3 is 15.0 Å². The monoisotopic (exact) mass is 643 g/mol. The molecule has 41 heavy (non-hydrogen) atoms. The van der Waals surface area contributed by atoms with Crippen LogP contribution in [0.4, 0.5) is 5.69 Å². The van der Waals surface area contributed by atoms with Crippen LogP contribution < -0.4 is 14.4 Å². The minimum Gasteiger partial charge on any atom is -0.492 e. The average Bonchev–Trinajstić information content (AvgIpc) is 2.94. The number of rotatable bonds is 13. The van der Waals surface area contributed by atoms with Crippen LogP contribution >= 0.6 is 15.9 Å². The SMILES string of the molecule is CCOc1ccccc1N(CC(=O)N(Cc1ccc(Br)cc1)C(C)C(=O)NCC(C)C)S(=O)(=O)c1ccc(C)cc1. The Kier molecular flexibility index (Phi) is 11.4. The summed E-state index contributed by atoms with van der Waals surface area (Å²) < 4.78 is 35.8. The third-order valence-electron chi connectivity index (χ3n) is 6.44. The van der Waals surface area contributed by atoms with Crippen LogP contribution in [0.3, 0.4) is 0 Å². The number of anilines is 1. The zero-order valence-electron chi connectivity index (χ0n) is 24.1. The van der Waals surface area contributed by atoms with Crippen molar-refractivity contribution in [2.24, 2.45) is 5.92 Å².